The number of thiazole rings is 1. The number of rotatable bonds is 3. The minimum absolute atomic E-state index is 0.124. The van der Waals surface area contributed by atoms with E-state index in [1.165, 1.54) is 4.57 Å². The minimum Gasteiger partial charge on any atom is -0.347 e. The topological polar surface area (TPSA) is 64.0 Å². The maximum absolute atomic E-state index is 11.9. The van der Waals surface area contributed by atoms with Crippen LogP contribution in [0.15, 0.2) is 29.3 Å². The largest absolute Gasteiger partial charge is 0.347 e. The SMILES string of the molecule is Cc1c(C(=O)NCc2ccncc2)sc(=O)n1C. The van der Waals surface area contributed by atoms with E-state index in [-0.39, 0.29) is 10.8 Å². The summed E-state index contributed by atoms with van der Waals surface area (Å²) in [6.45, 7) is 2.19. The molecule has 5 nitrogen and oxygen atoms in total. The van der Waals surface area contributed by atoms with Gasteiger partial charge < -0.3 is 9.88 Å². The highest BCUT2D eigenvalue weighted by Crippen LogP contribution is 2.10. The van der Waals surface area contributed by atoms with E-state index in [1.54, 1.807) is 26.4 Å². The molecule has 18 heavy (non-hydrogen) atoms. The van der Waals surface area contributed by atoms with Crippen molar-refractivity contribution in [2.45, 2.75) is 13.5 Å². The number of carbonyl (C=O) groups is 1. The molecular weight excluding hydrogens is 250 g/mol. The van der Waals surface area contributed by atoms with E-state index in [4.69, 9.17) is 0 Å². The van der Waals surface area contributed by atoms with E-state index >= 15 is 0 Å². The zero-order valence-corrected chi connectivity index (χ0v) is 11.0. The van der Waals surface area contributed by atoms with Gasteiger partial charge in [0.25, 0.3) is 5.91 Å². The Morgan fingerprint density at radius 2 is 2.11 bits per heavy atom. The van der Waals surface area contributed by atoms with Gasteiger partial charge in [-0.3, -0.25) is 14.6 Å². The number of nitrogens with one attached hydrogen (secondary N) is 1. The van der Waals surface area contributed by atoms with Crippen LogP contribution in [-0.4, -0.2) is 15.5 Å². The highest BCUT2D eigenvalue weighted by Gasteiger charge is 2.15. The summed E-state index contributed by atoms with van der Waals surface area (Å²) < 4.78 is 1.48. The van der Waals surface area contributed by atoms with Gasteiger partial charge in [-0.1, -0.05) is 11.3 Å². The smallest absolute Gasteiger partial charge is 0.307 e. The van der Waals surface area contributed by atoms with Crippen LogP contribution in [0.1, 0.15) is 20.9 Å². The van der Waals surface area contributed by atoms with Crippen LogP contribution < -0.4 is 10.2 Å². The molecule has 0 atom stereocenters. The molecule has 0 aliphatic heterocycles. The first-order valence-corrected chi connectivity index (χ1v) is 6.24. The maximum atomic E-state index is 11.9. The highest BCUT2D eigenvalue weighted by atomic mass is 32.1. The second kappa shape index (κ2) is 5.14. The summed E-state index contributed by atoms with van der Waals surface area (Å²) in [5.41, 5.74) is 1.66. The number of nitrogens with zero attached hydrogens (tertiary/aromatic N) is 2. The Hall–Kier alpha value is -1.95. The van der Waals surface area contributed by atoms with E-state index in [2.05, 4.69) is 10.3 Å². The van der Waals surface area contributed by atoms with Crippen LogP contribution in [0, 0.1) is 6.92 Å². The molecule has 0 aliphatic rings. The number of aromatic nitrogens is 2. The Kier molecular flexibility index (Phi) is 3.57. The summed E-state index contributed by atoms with van der Waals surface area (Å²) in [4.78, 5) is 27.6. The van der Waals surface area contributed by atoms with Gasteiger partial charge in [0.2, 0.25) is 0 Å². The predicted octanol–water partition coefficient (Wildman–Crippen LogP) is 1.08. The van der Waals surface area contributed by atoms with Crippen molar-refractivity contribution in [3.8, 4) is 0 Å². The predicted molar refractivity (Wildman–Crippen MR) is 69.7 cm³/mol. The Bertz CT molecular complexity index is 616. The van der Waals surface area contributed by atoms with Crippen molar-refractivity contribution in [1.82, 2.24) is 14.9 Å². The van der Waals surface area contributed by atoms with Crippen LogP contribution in [-0.2, 0) is 13.6 Å². The normalized spacial score (nSPS) is 10.3. The van der Waals surface area contributed by atoms with Crippen LogP contribution in [0.4, 0.5) is 0 Å². The van der Waals surface area contributed by atoms with Gasteiger partial charge in [0.15, 0.2) is 0 Å². The molecule has 0 saturated heterocycles. The molecule has 2 aromatic rings. The van der Waals surface area contributed by atoms with Crippen LogP contribution in [0.5, 0.6) is 0 Å². The second-order valence-corrected chi connectivity index (χ2v) is 4.84. The fraction of sp³-hybridized carbons (Fsp3) is 0.250. The molecule has 2 aromatic heterocycles. The van der Waals surface area contributed by atoms with Gasteiger partial charge in [-0.25, -0.2) is 0 Å². The van der Waals surface area contributed by atoms with Crippen molar-refractivity contribution in [3.63, 3.8) is 0 Å². The molecule has 0 radical (unpaired) electrons. The molecule has 1 amide bonds. The summed E-state index contributed by atoms with van der Waals surface area (Å²) in [6, 6.07) is 3.67. The molecule has 0 unspecified atom stereocenters. The average molecular weight is 263 g/mol. The second-order valence-electron chi connectivity index (χ2n) is 3.88. The van der Waals surface area contributed by atoms with Crippen molar-refractivity contribution in [1.29, 1.82) is 0 Å². The lowest BCUT2D eigenvalue weighted by Crippen LogP contribution is -2.22. The molecule has 0 aromatic carbocycles. The number of amides is 1. The monoisotopic (exact) mass is 263 g/mol. The molecule has 0 aliphatic carbocycles. The molecular formula is C12H13N3O2S. The van der Waals surface area contributed by atoms with E-state index < -0.39 is 0 Å². The number of hydrogen-bond donors (Lipinski definition) is 1. The zero-order valence-electron chi connectivity index (χ0n) is 10.1. The number of hydrogen-bond acceptors (Lipinski definition) is 4. The fourth-order valence-corrected chi connectivity index (χ4v) is 2.39. The highest BCUT2D eigenvalue weighted by molar-refractivity contribution is 7.11. The Balaban J connectivity index is 2.09. The fourth-order valence-electron chi connectivity index (χ4n) is 1.49. The van der Waals surface area contributed by atoms with Gasteiger partial charge in [0, 0.05) is 31.7 Å². The van der Waals surface area contributed by atoms with Crippen molar-refractivity contribution in [3.05, 3.63) is 50.3 Å². The first-order valence-electron chi connectivity index (χ1n) is 5.43. The molecule has 0 saturated carbocycles. The molecule has 94 valence electrons. The van der Waals surface area contributed by atoms with Crippen LogP contribution in [0.2, 0.25) is 0 Å². The van der Waals surface area contributed by atoms with Crippen LogP contribution >= 0.6 is 11.3 Å². The first-order chi connectivity index (χ1) is 8.59. The third kappa shape index (κ3) is 2.48. The molecule has 2 heterocycles. The summed E-state index contributed by atoms with van der Waals surface area (Å²) >= 11 is 0.967. The van der Waals surface area contributed by atoms with Gasteiger partial charge in [0.1, 0.15) is 4.88 Å². The Labute approximate surface area is 108 Å². The Morgan fingerprint density at radius 3 is 2.67 bits per heavy atom. The summed E-state index contributed by atoms with van der Waals surface area (Å²) in [7, 11) is 1.66. The molecule has 0 bridgehead atoms. The lowest BCUT2D eigenvalue weighted by atomic mass is 10.2. The van der Waals surface area contributed by atoms with Crippen LogP contribution in [0.3, 0.4) is 0 Å². The van der Waals surface area contributed by atoms with Gasteiger partial charge in [-0.05, 0) is 24.6 Å². The summed E-state index contributed by atoms with van der Waals surface area (Å²) in [6.07, 6.45) is 3.35. The molecule has 0 fully saturated rings. The van der Waals surface area contributed by atoms with Crippen molar-refractivity contribution >= 4 is 17.2 Å². The average Bonchev–Trinajstić information content (AvgIpc) is 2.65. The van der Waals surface area contributed by atoms with E-state index in [0.717, 1.165) is 16.9 Å². The van der Waals surface area contributed by atoms with Crippen LogP contribution in [0.25, 0.3) is 0 Å². The number of pyridine rings is 1. The van der Waals surface area contributed by atoms with Gasteiger partial charge >= 0.3 is 4.87 Å². The quantitative estimate of drug-likeness (QED) is 0.901. The lowest BCUT2D eigenvalue weighted by molar-refractivity contribution is 0.0954. The summed E-state index contributed by atoms with van der Waals surface area (Å²) in [5, 5.41) is 2.79. The molecule has 6 heteroatoms. The molecule has 0 spiro atoms. The van der Waals surface area contributed by atoms with Crippen molar-refractivity contribution in [2.75, 3.05) is 0 Å². The van der Waals surface area contributed by atoms with E-state index in [1.807, 2.05) is 12.1 Å². The van der Waals surface area contributed by atoms with Gasteiger partial charge in [-0.15, -0.1) is 0 Å². The van der Waals surface area contributed by atoms with Gasteiger partial charge in [-0.2, -0.15) is 0 Å². The number of carbonyl (C=O) groups excluding carboxylic acids is 1. The minimum atomic E-state index is -0.216. The summed E-state index contributed by atoms with van der Waals surface area (Å²) in [5.74, 6) is -0.216. The zero-order chi connectivity index (χ0) is 13.1. The third-order valence-corrected chi connectivity index (χ3v) is 3.84. The standard InChI is InChI=1S/C12H13N3O2S/c1-8-10(18-12(17)15(8)2)11(16)14-7-9-3-5-13-6-4-9/h3-6H,7H2,1-2H3,(H,14,16). The first kappa shape index (κ1) is 12.5. The van der Waals surface area contributed by atoms with Crippen molar-refractivity contribution in [2.24, 2.45) is 7.05 Å². The molecule has 2 rings (SSSR count). The lowest BCUT2D eigenvalue weighted by Gasteiger charge is -2.04. The van der Waals surface area contributed by atoms with Gasteiger partial charge in [0.05, 0.1) is 0 Å². The third-order valence-electron chi connectivity index (χ3n) is 2.70. The molecule has 1 N–H and O–H groups in total. The maximum Gasteiger partial charge on any atom is 0.307 e. The Morgan fingerprint density at radius 1 is 1.44 bits per heavy atom. The van der Waals surface area contributed by atoms with E-state index in [9.17, 15) is 9.59 Å². The van der Waals surface area contributed by atoms with E-state index in [0.29, 0.717) is 17.1 Å². The van der Waals surface area contributed by atoms with Crippen molar-refractivity contribution < 1.29 is 4.79 Å².